The Kier molecular flexibility index (Phi) is 6.30. The van der Waals surface area contributed by atoms with Gasteiger partial charge < -0.3 is 10.1 Å². The topological polar surface area (TPSA) is 24.5 Å². The minimum absolute atomic E-state index is 0.278. The average molecular weight is 429 g/mol. The molecular formula is C27H28N2OS. The molecule has 1 aromatic heterocycles. The number of hydrogen-bond acceptors (Lipinski definition) is 4. The Morgan fingerprint density at radius 1 is 0.871 bits per heavy atom. The monoisotopic (exact) mass is 428 g/mol. The second-order valence-corrected chi connectivity index (χ2v) is 9.19. The Morgan fingerprint density at radius 2 is 1.68 bits per heavy atom. The van der Waals surface area contributed by atoms with Gasteiger partial charge in [-0.15, -0.1) is 11.3 Å². The maximum Gasteiger partial charge on any atom is 0.119 e. The zero-order valence-electron chi connectivity index (χ0n) is 17.7. The van der Waals surface area contributed by atoms with E-state index in [1.807, 2.05) is 29.5 Å². The molecule has 0 bridgehead atoms. The summed E-state index contributed by atoms with van der Waals surface area (Å²) in [5, 5.41) is 4.88. The van der Waals surface area contributed by atoms with Gasteiger partial charge in [-0.3, -0.25) is 4.90 Å². The fraction of sp³-hybridized carbons (Fsp3) is 0.259. The highest BCUT2D eigenvalue weighted by molar-refractivity contribution is 7.19. The van der Waals surface area contributed by atoms with Gasteiger partial charge in [0.05, 0.1) is 6.04 Å². The highest BCUT2D eigenvalue weighted by atomic mass is 32.1. The van der Waals surface area contributed by atoms with E-state index in [1.165, 1.54) is 32.5 Å². The first-order chi connectivity index (χ1) is 15.4. The minimum Gasteiger partial charge on any atom is -0.489 e. The highest BCUT2D eigenvalue weighted by Crippen LogP contribution is 2.37. The molecule has 1 atom stereocenters. The fourth-order valence-electron chi connectivity index (χ4n) is 4.30. The standard InChI is InChI=1S/C27H28N2OS/c1-2-7-21(8-3-1)20-30-24-13-11-22(12-14-24)27(29-17-6-15-28-16-18-29)26-19-23-9-4-5-10-25(23)31-26/h1-5,7-14,19,27-28H,6,15-18,20H2. The normalized spacial score (nSPS) is 16.1. The van der Waals surface area contributed by atoms with Gasteiger partial charge in [0, 0.05) is 29.2 Å². The van der Waals surface area contributed by atoms with Crippen LogP contribution in [0.1, 0.15) is 28.5 Å². The first-order valence-corrected chi connectivity index (χ1v) is 11.9. The third-order valence-corrected chi connectivity index (χ3v) is 7.07. The van der Waals surface area contributed by atoms with Gasteiger partial charge >= 0.3 is 0 Å². The Hall–Kier alpha value is -2.66. The van der Waals surface area contributed by atoms with Crippen LogP contribution >= 0.6 is 11.3 Å². The molecule has 1 aliphatic rings. The van der Waals surface area contributed by atoms with Crippen molar-refractivity contribution in [2.75, 3.05) is 26.2 Å². The molecule has 0 aliphatic carbocycles. The molecule has 1 fully saturated rings. The number of nitrogens with one attached hydrogen (secondary N) is 1. The maximum absolute atomic E-state index is 6.03. The van der Waals surface area contributed by atoms with Gasteiger partial charge in [0.15, 0.2) is 0 Å². The summed E-state index contributed by atoms with van der Waals surface area (Å²) < 4.78 is 7.38. The van der Waals surface area contributed by atoms with Crippen molar-refractivity contribution in [2.24, 2.45) is 0 Å². The third kappa shape index (κ3) is 4.82. The van der Waals surface area contributed by atoms with E-state index in [0.29, 0.717) is 6.61 Å². The van der Waals surface area contributed by atoms with Crippen LogP contribution in [0.3, 0.4) is 0 Å². The largest absolute Gasteiger partial charge is 0.489 e. The molecule has 1 unspecified atom stereocenters. The lowest BCUT2D eigenvalue weighted by Crippen LogP contribution is -2.32. The Morgan fingerprint density at radius 3 is 2.52 bits per heavy atom. The first kappa shape index (κ1) is 20.3. The van der Waals surface area contributed by atoms with Gasteiger partial charge in [-0.1, -0.05) is 60.7 Å². The summed E-state index contributed by atoms with van der Waals surface area (Å²) in [7, 11) is 0. The quantitative estimate of drug-likeness (QED) is 0.416. The maximum atomic E-state index is 6.03. The van der Waals surface area contributed by atoms with Crippen LogP contribution < -0.4 is 10.1 Å². The van der Waals surface area contributed by atoms with Crippen molar-refractivity contribution in [2.45, 2.75) is 19.1 Å². The smallest absolute Gasteiger partial charge is 0.119 e. The Balaban J connectivity index is 1.41. The third-order valence-electron chi connectivity index (χ3n) is 5.90. The molecule has 3 nitrogen and oxygen atoms in total. The summed E-state index contributed by atoms with van der Waals surface area (Å²) in [4.78, 5) is 4.05. The molecule has 2 heterocycles. The molecule has 1 saturated heterocycles. The Bertz CT molecular complexity index is 1070. The molecule has 31 heavy (non-hydrogen) atoms. The fourth-order valence-corrected chi connectivity index (χ4v) is 5.53. The summed E-state index contributed by atoms with van der Waals surface area (Å²) in [6, 6.07) is 30.4. The molecule has 4 aromatic rings. The van der Waals surface area contributed by atoms with E-state index in [0.717, 1.165) is 31.9 Å². The molecule has 1 N–H and O–H groups in total. The number of rotatable bonds is 6. The van der Waals surface area contributed by atoms with Gasteiger partial charge in [0.2, 0.25) is 0 Å². The molecule has 4 heteroatoms. The van der Waals surface area contributed by atoms with Gasteiger partial charge in [-0.05, 0) is 53.7 Å². The van der Waals surface area contributed by atoms with E-state index in [2.05, 4.69) is 76.9 Å². The van der Waals surface area contributed by atoms with Crippen LogP contribution in [0.25, 0.3) is 10.1 Å². The van der Waals surface area contributed by atoms with Gasteiger partial charge in [-0.2, -0.15) is 0 Å². The van der Waals surface area contributed by atoms with Crippen LogP contribution in [0, 0.1) is 0 Å². The van der Waals surface area contributed by atoms with Crippen molar-refractivity contribution in [3.05, 3.63) is 101 Å². The van der Waals surface area contributed by atoms with Crippen molar-refractivity contribution in [3.63, 3.8) is 0 Å². The van der Waals surface area contributed by atoms with E-state index >= 15 is 0 Å². The summed E-state index contributed by atoms with van der Waals surface area (Å²) in [5.74, 6) is 0.917. The van der Waals surface area contributed by atoms with Crippen molar-refractivity contribution >= 4 is 21.4 Å². The molecule has 1 aliphatic heterocycles. The number of fused-ring (bicyclic) bond motifs is 1. The van der Waals surface area contributed by atoms with Crippen LogP contribution in [0.5, 0.6) is 5.75 Å². The molecular weight excluding hydrogens is 400 g/mol. The van der Waals surface area contributed by atoms with E-state index in [9.17, 15) is 0 Å². The van der Waals surface area contributed by atoms with Crippen molar-refractivity contribution in [1.82, 2.24) is 10.2 Å². The number of thiophene rings is 1. The predicted octanol–water partition coefficient (Wildman–Crippen LogP) is 5.87. The molecule has 0 spiro atoms. The summed E-state index contributed by atoms with van der Waals surface area (Å²) in [6.45, 7) is 4.91. The van der Waals surface area contributed by atoms with Gasteiger partial charge in [-0.25, -0.2) is 0 Å². The van der Waals surface area contributed by atoms with Crippen LogP contribution in [0.4, 0.5) is 0 Å². The van der Waals surface area contributed by atoms with Crippen molar-refractivity contribution in [3.8, 4) is 5.75 Å². The number of nitrogens with zero attached hydrogens (tertiary/aromatic N) is 1. The van der Waals surface area contributed by atoms with Crippen LogP contribution in [-0.2, 0) is 6.61 Å². The number of hydrogen-bond donors (Lipinski definition) is 1. The summed E-state index contributed by atoms with van der Waals surface area (Å²) in [6.07, 6.45) is 1.18. The predicted molar refractivity (Wildman–Crippen MR) is 130 cm³/mol. The van der Waals surface area contributed by atoms with Crippen LogP contribution in [-0.4, -0.2) is 31.1 Å². The molecule has 0 saturated carbocycles. The van der Waals surface area contributed by atoms with E-state index in [-0.39, 0.29) is 6.04 Å². The highest BCUT2D eigenvalue weighted by Gasteiger charge is 2.25. The summed E-state index contributed by atoms with van der Waals surface area (Å²) >= 11 is 1.92. The second-order valence-electron chi connectivity index (χ2n) is 8.07. The van der Waals surface area contributed by atoms with E-state index < -0.39 is 0 Å². The van der Waals surface area contributed by atoms with Crippen LogP contribution in [0.2, 0.25) is 0 Å². The lowest BCUT2D eigenvalue weighted by Gasteiger charge is -2.30. The van der Waals surface area contributed by atoms with E-state index in [4.69, 9.17) is 4.74 Å². The van der Waals surface area contributed by atoms with E-state index in [1.54, 1.807) is 0 Å². The molecule has 158 valence electrons. The molecule has 5 rings (SSSR count). The number of ether oxygens (including phenoxy) is 1. The zero-order valence-corrected chi connectivity index (χ0v) is 18.5. The van der Waals surface area contributed by atoms with Gasteiger partial charge in [0.1, 0.15) is 12.4 Å². The summed E-state index contributed by atoms with van der Waals surface area (Å²) in [5.41, 5.74) is 2.52. The van der Waals surface area contributed by atoms with Crippen molar-refractivity contribution in [1.29, 1.82) is 0 Å². The first-order valence-electron chi connectivity index (χ1n) is 11.1. The van der Waals surface area contributed by atoms with Gasteiger partial charge in [0.25, 0.3) is 0 Å². The number of benzene rings is 3. The van der Waals surface area contributed by atoms with Crippen molar-refractivity contribution < 1.29 is 4.74 Å². The Labute approximate surface area is 188 Å². The zero-order chi connectivity index (χ0) is 20.9. The minimum atomic E-state index is 0.278. The molecule has 3 aromatic carbocycles. The molecule has 0 radical (unpaired) electrons. The SMILES string of the molecule is c1ccc(COc2ccc(C(c3cc4ccccc4s3)N3CCCNCC3)cc2)cc1. The second kappa shape index (κ2) is 9.65. The lowest BCUT2D eigenvalue weighted by molar-refractivity contribution is 0.243. The average Bonchev–Trinajstić information content (AvgIpc) is 3.06. The lowest BCUT2D eigenvalue weighted by atomic mass is 10.0. The van der Waals surface area contributed by atoms with Crippen LogP contribution in [0.15, 0.2) is 84.9 Å². The molecule has 0 amide bonds.